The third-order valence-corrected chi connectivity index (χ3v) is 1.98. The molecule has 1 heteroatoms. The summed E-state index contributed by atoms with van der Waals surface area (Å²) in [6.07, 6.45) is 9.48. The van der Waals surface area contributed by atoms with Gasteiger partial charge in [-0.1, -0.05) is 31.2 Å². The van der Waals surface area contributed by atoms with Crippen molar-refractivity contribution in [3.63, 3.8) is 0 Å². The van der Waals surface area contributed by atoms with Crippen LogP contribution in [0.5, 0.6) is 0 Å². The fourth-order valence-electron chi connectivity index (χ4n) is 0.682. The lowest BCUT2D eigenvalue weighted by molar-refractivity contribution is 1.20. The van der Waals surface area contributed by atoms with Gasteiger partial charge in [-0.2, -0.15) is 0 Å². The molecule has 0 aromatic heterocycles. The van der Waals surface area contributed by atoms with Crippen molar-refractivity contribution in [1.82, 2.24) is 0 Å². The molecule has 0 spiro atoms. The molecule has 0 N–H and O–H groups in total. The number of thioether (sulfide) groups is 1. The average molecular weight is 168 g/mol. The van der Waals surface area contributed by atoms with Crippen molar-refractivity contribution in [2.24, 2.45) is 0 Å². The van der Waals surface area contributed by atoms with Crippen LogP contribution in [0, 0.1) is 0 Å². The van der Waals surface area contributed by atoms with Gasteiger partial charge in [-0.3, -0.25) is 0 Å². The molecule has 0 aromatic carbocycles. The number of hydrogen-bond acceptors (Lipinski definition) is 1. The van der Waals surface area contributed by atoms with Gasteiger partial charge in [0.1, 0.15) is 0 Å². The van der Waals surface area contributed by atoms with Crippen LogP contribution < -0.4 is 0 Å². The molecule has 0 saturated carbocycles. The van der Waals surface area contributed by atoms with Crippen molar-refractivity contribution >= 4 is 11.8 Å². The molecule has 0 bridgehead atoms. The van der Waals surface area contributed by atoms with Crippen molar-refractivity contribution in [1.29, 1.82) is 0 Å². The maximum absolute atomic E-state index is 3.85. The lowest BCUT2D eigenvalue weighted by atomic mass is 10.2. The highest BCUT2D eigenvalue weighted by Crippen LogP contribution is 2.10. The molecule has 0 unspecified atom stereocenters. The molecule has 0 aliphatic carbocycles. The van der Waals surface area contributed by atoms with Gasteiger partial charge >= 0.3 is 0 Å². The monoisotopic (exact) mass is 168 g/mol. The van der Waals surface area contributed by atoms with Gasteiger partial charge in [0.2, 0.25) is 0 Å². The van der Waals surface area contributed by atoms with E-state index in [0.717, 1.165) is 11.3 Å². The van der Waals surface area contributed by atoms with E-state index in [4.69, 9.17) is 0 Å². The van der Waals surface area contributed by atoms with Gasteiger partial charge < -0.3 is 0 Å². The fraction of sp³-hybridized carbons (Fsp3) is 0.400. The van der Waals surface area contributed by atoms with Gasteiger partial charge in [-0.15, -0.1) is 11.8 Å². The first kappa shape index (κ1) is 10.6. The normalized spacial score (nSPS) is 12.5. The van der Waals surface area contributed by atoms with Gasteiger partial charge in [0.05, 0.1) is 0 Å². The van der Waals surface area contributed by atoms with Crippen molar-refractivity contribution in [3.8, 4) is 0 Å². The summed E-state index contributed by atoms with van der Waals surface area (Å²) in [7, 11) is 0. The zero-order valence-corrected chi connectivity index (χ0v) is 8.37. The van der Waals surface area contributed by atoms with E-state index in [1.807, 2.05) is 12.3 Å². The molecule has 0 aliphatic heterocycles. The second-order valence-electron chi connectivity index (χ2n) is 2.36. The summed E-state index contributed by atoms with van der Waals surface area (Å²) >= 11 is 1.68. The number of allylic oxidation sites excluding steroid dienone is 4. The summed E-state index contributed by atoms with van der Waals surface area (Å²) in [5.74, 6) is 0. The first-order chi connectivity index (χ1) is 5.20. The average Bonchev–Trinajstić information content (AvgIpc) is 2.01. The Bertz CT molecular complexity index is 175. The van der Waals surface area contributed by atoms with E-state index in [2.05, 4.69) is 32.6 Å². The first-order valence-electron chi connectivity index (χ1n) is 3.78. The van der Waals surface area contributed by atoms with E-state index in [1.54, 1.807) is 11.8 Å². The molecule has 0 nitrogen and oxygen atoms in total. The zero-order valence-electron chi connectivity index (χ0n) is 7.55. The molecule has 0 amide bonds. The standard InChI is InChI=1S/C10H16S/c1-5-6-9(2)7-8-10(3)11-4/h6-8H,3,5H2,1-2,4H3/b8-7-,9-6-. The van der Waals surface area contributed by atoms with E-state index in [-0.39, 0.29) is 0 Å². The third kappa shape index (κ3) is 5.99. The molecule has 0 atom stereocenters. The predicted octanol–water partition coefficient (Wildman–Crippen LogP) is 3.78. The van der Waals surface area contributed by atoms with Gasteiger partial charge in [0.15, 0.2) is 0 Å². The van der Waals surface area contributed by atoms with Gasteiger partial charge in [0.25, 0.3) is 0 Å². The zero-order chi connectivity index (χ0) is 8.69. The lowest BCUT2D eigenvalue weighted by Crippen LogP contribution is -1.68. The molecule has 62 valence electrons. The molecule has 0 radical (unpaired) electrons. The minimum atomic E-state index is 1.10. The van der Waals surface area contributed by atoms with E-state index in [9.17, 15) is 0 Å². The van der Waals surface area contributed by atoms with Gasteiger partial charge in [-0.25, -0.2) is 0 Å². The fourth-order valence-corrected chi connectivity index (χ4v) is 0.887. The molecule has 0 heterocycles. The van der Waals surface area contributed by atoms with Crippen molar-refractivity contribution in [2.75, 3.05) is 6.26 Å². The van der Waals surface area contributed by atoms with E-state index in [0.29, 0.717) is 0 Å². The topological polar surface area (TPSA) is 0 Å². The Morgan fingerprint density at radius 1 is 1.45 bits per heavy atom. The minimum absolute atomic E-state index is 1.10. The highest BCUT2D eigenvalue weighted by Gasteiger charge is 1.82. The van der Waals surface area contributed by atoms with Crippen LogP contribution in [0.2, 0.25) is 0 Å². The molecule has 0 aliphatic rings. The second kappa shape index (κ2) is 6.29. The molecule has 0 rings (SSSR count). The summed E-state index contributed by atoms with van der Waals surface area (Å²) in [4.78, 5) is 1.11. The van der Waals surface area contributed by atoms with Crippen molar-refractivity contribution < 1.29 is 0 Å². The van der Waals surface area contributed by atoms with Crippen molar-refractivity contribution in [3.05, 3.63) is 35.3 Å². The molecule has 0 saturated heterocycles. The molecular weight excluding hydrogens is 152 g/mol. The van der Waals surface area contributed by atoms with Crippen LogP contribution in [0.25, 0.3) is 0 Å². The van der Waals surface area contributed by atoms with Crippen LogP contribution in [-0.4, -0.2) is 6.26 Å². The van der Waals surface area contributed by atoms with Crippen LogP contribution in [0.4, 0.5) is 0 Å². The van der Waals surface area contributed by atoms with E-state index in [1.165, 1.54) is 5.57 Å². The molecule has 0 aromatic rings. The van der Waals surface area contributed by atoms with Crippen LogP contribution >= 0.6 is 11.8 Å². The van der Waals surface area contributed by atoms with E-state index >= 15 is 0 Å². The summed E-state index contributed by atoms with van der Waals surface area (Å²) in [5, 5.41) is 0. The summed E-state index contributed by atoms with van der Waals surface area (Å²) < 4.78 is 0. The molecular formula is C10H16S. The molecule has 0 fully saturated rings. The summed E-state index contributed by atoms with van der Waals surface area (Å²) in [6.45, 7) is 8.10. The van der Waals surface area contributed by atoms with Crippen LogP contribution in [0.15, 0.2) is 35.3 Å². The Morgan fingerprint density at radius 3 is 2.55 bits per heavy atom. The summed E-state index contributed by atoms with van der Waals surface area (Å²) in [5.41, 5.74) is 1.31. The van der Waals surface area contributed by atoms with Crippen LogP contribution in [-0.2, 0) is 0 Å². The first-order valence-corrected chi connectivity index (χ1v) is 5.01. The van der Waals surface area contributed by atoms with E-state index < -0.39 is 0 Å². The third-order valence-electron chi connectivity index (χ3n) is 1.32. The largest absolute Gasteiger partial charge is 0.130 e. The van der Waals surface area contributed by atoms with Crippen molar-refractivity contribution in [2.45, 2.75) is 20.3 Å². The SMILES string of the molecule is C=C(/C=C\C(C)=C/CC)SC. The van der Waals surface area contributed by atoms with Crippen LogP contribution in [0.3, 0.4) is 0 Å². The number of rotatable bonds is 4. The maximum Gasteiger partial charge on any atom is -0.000276 e. The maximum atomic E-state index is 3.85. The van der Waals surface area contributed by atoms with Crippen LogP contribution in [0.1, 0.15) is 20.3 Å². The Hall–Kier alpha value is -0.430. The predicted molar refractivity (Wildman–Crippen MR) is 55.8 cm³/mol. The number of hydrogen-bond donors (Lipinski definition) is 0. The highest BCUT2D eigenvalue weighted by molar-refractivity contribution is 8.02. The van der Waals surface area contributed by atoms with Gasteiger partial charge in [-0.05, 0) is 30.6 Å². The Balaban J connectivity index is 3.92. The highest BCUT2D eigenvalue weighted by atomic mass is 32.2. The van der Waals surface area contributed by atoms with Gasteiger partial charge in [0, 0.05) is 0 Å². The summed E-state index contributed by atoms with van der Waals surface area (Å²) in [6, 6.07) is 0. The smallest absolute Gasteiger partial charge is 0.000276 e. The Labute approximate surface area is 74.1 Å². The molecule has 11 heavy (non-hydrogen) atoms. The Morgan fingerprint density at radius 2 is 2.09 bits per heavy atom. The second-order valence-corrected chi connectivity index (χ2v) is 3.29. The minimum Gasteiger partial charge on any atom is -0.130 e. The Kier molecular flexibility index (Phi) is 6.05. The lowest BCUT2D eigenvalue weighted by Gasteiger charge is -1.92. The quantitative estimate of drug-likeness (QED) is 0.576.